The van der Waals surface area contributed by atoms with Gasteiger partial charge in [0.05, 0.1) is 16.5 Å². The molecule has 0 atom stereocenters. The van der Waals surface area contributed by atoms with Gasteiger partial charge in [-0.2, -0.15) is 0 Å². The van der Waals surface area contributed by atoms with E-state index in [1.165, 1.54) is 18.2 Å². The van der Waals surface area contributed by atoms with E-state index in [9.17, 15) is 13.2 Å². The molecule has 1 aromatic carbocycles. The Kier molecular flexibility index (Phi) is 6.44. The summed E-state index contributed by atoms with van der Waals surface area (Å²) >= 11 is 8.96. The predicted molar refractivity (Wildman–Crippen MR) is 82.2 cm³/mol. The van der Waals surface area contributed by atoms with Gasteiger partial charge in [0.25, 0.3) is 0 Å². The molecule has 0 bridgehead atoms. The van der Waals surface area contributed by atoms with Crippen molar-refractivity contribution in [2.75, 3.05) is 13.1 Å². The standard InChI is InChI=1S/C12H16BrClN2O3S/c1-8(2)6-15-12(17)7-16-20(18,19)9-3-4-11(14)10(13)5-9/h3-5,8,16H,6-7H2,1-2H3,(H,15,17). The number of carbonyl (C=O) groups excluding carboxylic acids is 1. The molecule has 0 radical (unpaired) electrons. The molecule has 1 rings (SSSR count). The third kappa shape index (κ3) is 5.40. The minimum atomic E-state index is -3.73. The third-order valence-electron chi connectivity index (χ3n) is 2.33. The molecule has 0 aromatic heterocycles. The Morgan fingerprint density at radius 2 is 2.05 bits per heavy atom. The second kappa shape index (κ2) is 7.40. The summed E-state index contributed by atoms with van der Waals surface area (Å²) in [4.78, 5) is 11.5. The van der Waals surface area contributed by atoms with E-state index in [0.29, 0.717) is 22.0 Å². The van der Waals surface area contributed by atoms with Crippen molar-refractivity contribution in [3.8, 4) is 0 Å². The molecule has 1 amide bonds. The first kappa shape index (κ1) is 17.4. The number of benzene rings is 1. The highest BCUT2D eigenvalue weighted by Crippen LogP contribution is 2.25. The van der Waals surface area contributed by atoms with Crippen LogP contribution in [0.2, 0.25) is 5.02 Å². The van der Waals surface area contributed by atoms with Crippen molar-refractivity contribution < 1.29 is 13.2 Å². The van der Waals surface area contributed by atoms with E-state index in [1.807, 2.05) is 13.8 Å². The first-order valence-electron chi connectivity index (χ1n) is 5.94. The summed E-state index contributed by atoms with van der Waals surface area (Å²) in [6.07, 6.45) is 0. The highest BCUT2D eigenvalue weighted by molar-refractivity contribution is 9.10. The summed E-state index contributed by atoms with van der Waals surface area (Å²) in [7, 11) is -3.73. The molecule has 8 heteroatoms. The Hall–Kier alpha value is -0.630. The van der Waals surface area contributed by atoms with E-state index < -0.39 is 10.0 Å². The first-order valence-corrected chi connectivity index (χ1v) is 8.59. The number of halogens is 2. The van der Waals surface area contributed by atoms with Gasteiger partial charge in [0.2, 0.25) is 15.9 Å². The molecule has 112 valence electrons. The van der Waals surface area contributed by atoms with Gasteiger partial charge in [-0.25, -0.2) is 13.1 Å². The molecule has 0 unspecified atom stereocenters. The predicted octanol–water partition coefficient (Wildman–Crippen LogP) is 2.15. The molecule has 0 heterocycles. The second-order valence-electron chi connectivity index (χ2n) is 4.60. The highest BCUT2D eigenvalue weighted by Gasteiger charge is 2.16. The van der Waals surface area contributed by atoms with Gasteiger partial charge < -0.3 is 5.32 Å². The van der Waals surface area contributed by atoms with E-state index in [4.69, 9.17) is 11.6 Å². The normalized spacial score (nSPS) is 11.7. The minimum Gasteiger partial charge on any atom is -0.355 e. The van der Waals surface area contributed by atoms with E-state index in [-0.39, 0.29) is 17.3 Å². The Balaban J connectivity index is 2.66. The highest BCUT2D eigenvalue weighted by atomic mass is 79.9. The maximum Gasteiger partial charge on any atom is 0.241 e. The monoisotopic (exact) mass is 382 g/mol. The Morgan fingerprint density at radius 1 is 1.40 bits per heavy atom. The van der Waals surface area contributed by atoms with E-state index in [2.05, 4.69) is 26.0 Å². The van der Waals surface area contributed by atoms with Crippen LogP contribution in [0.5, 0.6) is 0 Å². The van der Waals surface area contributed by atoms with E-state index in [0.717, 1.165) is 0 Å². The van der Waals surface area contributed by atoms with Crippen molar-refractivity contribution in [2.45, 2.75) is 18.7 Å². The molecule has 0 aliphatic carbocycles. The molecule has 0 saturated carbocycles. The zero-order valence-electron chi connectivity index (χ0n) is 11.1. The van der Waals surface area contributed by atoms with Crippen molar-refractivity contribution in [3.63, 3.8) is 0 Å². The number of amides is 1. The van der Waals surface area contributed by atoms with Crippen LogP contribution in [0.1, 0.15) is 13.8 Å². The van der Waals surface area contributed by atoms with Gasteiger partial charge in [-0.1, -0.05) is 25.4 Å². The minimum absolute atomic E-state index is 0.0467. The lowest BCUT2D eigenvalue weighted by Crippen LogP contribution is -2.38. The largest absolute Gasteiger partial charge is 0.355 e. The van der Waals surface area contributed by atoms with Gasteiger partial charge in [0.1, 0.15) is 0 Å². The lowest BCUT2D eigenvalue weighted by molar-refractivity contribution is -0.120. The van der Waals surface area contributed by atoms with Crippen molar-refractivity contribution in [3.05, 3.63) is 27.7 Å². The maximum atomic E-state index is 12.0. The molecule has 2 N–H and O–H groups in total. The summed E-state index contributed by atoms with van der Waals surface area (Å²) in [5, 5.41) is 3.05. The molecular formula is C12H16BrClN2O3S. The fourth-order valence-corrected chi connectivity index (χ4v) is 2.92. The van der Waals surface area contributed by atoms with Gasteiger partial charge >= 0.3 is 0 Å². The molecule has 0 saturated heterocycles. The molecule has 20 heavy (non-hydrogen) atoms. The van der Waals surface area contributed by atoms with Crippen LogP contribution in [0.25, 0.3) is 0 Å². The van der Waals surface area contributed by atoms with Crippen LogP contribution in [0.3, 0.4) is 0 Å². The third-order valence-corrected chi connectivity index (χ3v) is 4.94. The average Bonchev–Trinajstić information content (AvgIpc) is 2.37. The molecule has 5 nitrogen and oxygen atoms in total. The van der Waals surface area contributed by atoms with Crippen molar-refractivity contribution in [1.82, 2.24) is 10.0 Å². The summed E-state index contributed by atoms with van der Waals surface area (Å²) in [5.74, 6) is -0.0573. The summed E-state index contributed by atoms with van der Waals surface area (Å²) in [6.45, 7) is 4.12. The number of hydrogen-bond acceptors (Lipinski definition) is 3. The number of nitrogens with one attached hydrogen (secondary N) is 2. The lowest BCUT2D eigenvalue weighted by Gasteiger charge is -2.09. The van der Waals surface area contributed by atoms with Gasteiger partial charge in [-0.15, -0.1) is 0 Å². The van der Waals surface area contributed by atoms with Gasteiger partial charge in [-0.05, 0) is 40.0 Å². The number of hydrogen-bond donors (Lipinski definition) is 2. The fraction of sp³-hybridized carbons (Fsp3) is 0.417. The number of rotatable bonds is 6. The van der Waals surface area contributed by atoms with Crippen LogP contribution >= 0.6 is 27.5 Å². The van der Waals surface area contributed by atoms with E-state index >= 15 is 0 Å². The fourth-order valence-electron chi connectivity index (χ4n) is 1.27. The number of sulfonamides is 1. The summed E-state index contributed by atoms with van der Waals surface area (Å²) in [6, 6.07) is 4.23. The van der Waals surface area contributed by atoms with E-state index in [1.54, 1.807) is 0 Å². The van der Waals surface area contributed by atoms with Crippen molar-refractivity contribution in [1.29, 1.82) is 0 Å². The Morgan fingerprint density at radius 3 is 2.60 bits per heavy atom. The Labute approximate surface area is 132 Å². The zero-order valence-corrected chi connectivity index (χ0v) is 14.3. The zero-order chi connectivity index (χ0) is 15.3. The average molecular weight is 384 g/mol. The van der Waals surface area contributed by atoms with Crippen LogP contribution in [-0.2, 0) is 14.8 Å². The maximum absolute atomic E-state index is 12.0. The smallest absolute Gasteiger partial charge is 0.241 e. The molecule has 0 aliphatic heterocycles. The molecule has 0 aliphatic rings. The van der Waals surface area contributed by atoms with Crippen LogP contribution in [0.4, 0.5) is 0 Å². The molecule has 0 fully saturated rings. The Bertz CT molecular complexity index is 590. The molecule has 0 spiro atoms. The lowest BCUT2D eigenvalue weighted by atomic mass is 10.2. The summed E-state index contributed by atoms with van der Waals surface area (Å²) < 4.78 is 26.7. The summed E-state index contributed by atoms with van der Waals surface area (Å²) in [5.41, 5.74) is 0. The van der Waals surface area contributed by atoms with Gasteiger partial charge in [0, 0.05) is 11.0 Å². The van der Waals surface area contributed by atoms with Gasteiger partial charge in [0.15, 0.2) is 0 Å². The number of carbonyl (C=O) groups is 1. The second-order valence-corrected chi connectivity index (χ2v) is 7.63. The first-order chi connectivity index (χ1) is 9.22. The van der Waals surface area contributed by atoms with Crippen LogP contribution in [-0.4, -0.2) is 27.4 Å². The quantitative estimate of drug-likeness (QED) is 0.790. The molecular weight excluding hydrogens is 368 g/mol. The van der Waals surface area contributed by atoms with Crippen LogP contribution < -0.4 is 10.0 Å². The van der Waals surface area contributed by atoms with Crippen LogP contribution in [0.15, 0.2) is 27.6 Å². The van der Waals surface area contributed by atoms with Crippen molar-refractivity contribution in [2.24, 2.45) is 5.92 Å². The topological polar surface area (TPSA) is 75.3 Å². The SMILES string of the molecule is CC(C)CNC(=O)CNS(=O)(=O)c1ccc(Cl)c(Br)c1. The van der Waals surface area contributed by atoms with Crippen LogP contribution in [0, 0.1) is 5.92 Å². The van der Waals surface area contributed by atoms with Crippen molar-refractivity contribution >= 4 is 43.5 Å². The molecule has 1 aromatic rings. The van der Waals surface area contributed by atoms with Gasteiger partial charge in [-0.3, -0.25) is 4.79 Å².